The molecule has 0 atom stereocenters. The Labute approximate surface area is 83.3 Å². The van der Waals surface area contributed by atoms with E-state index in [1.807, 2.05) is 6.07 Å². The lowest BCUT2D eigenvalue weighted by Crippen LogP contribution is -2.07. The van der Waals surface area contributed by atoms with Crippen molar-refractivity contribution in [2.75, 3.05) is 13.1 Å². The van der Waals surface area contributed by atoms with Crippen molar-refractivity contribution in [2.45, 2.75) is 0 Å². The van der Waals surface area contributed by atoms with E-state index in [1.165, 1.54) is 11.1 Å². The van der Waals surface area contributed by atoms with Crippen molar-refractivity contribution in [2.24, 2.45) is 0 Å². The minimum Gasteiger partial charge on any atom is -0.309 e. The van der Waals surface area contributed by atoms with Crippen LogP contribution in [0.25, 0.3) is 5.57 Å². The van der Waals surface area contributed by atoms with Crippen LogP contribution < -0.4 is 5.32 Å². The summed E-state index contributed by atoms with van der Waals surface area (Å²) in [5.74, 6) is 0. The summed E-state index contributed by atoms with van der Waals surface area (Å²) in [4.78, 5) is 0. The van der Waals surface area contributed by atoms with Crippen molar-refractivity contribution < 1.29 is 0 Å². The Kier molecular flexibility index (Phi) is 3.50. The molecule has 1 heterocycles. The highest BCUT2D eigenvalue weighted by molar-refractivity contribution is 8.93. The summed E-state index contributed by atoms with van der Waals surface area (Å²) < 4.78 is 0. The molecule has 0 fully saturated rings. The van der Waals surface area contributed by atoms with Gasteiger partial charge < -0.3 is 5.32 Å². The van der Waals surface area contributed by atoms with E-state index in [0.717, 1.165) is 13.1 Å². The van der Waals surface area contributed by atoms with Gasteiger partial charge in [-0.25, -0.2) is 0 Å². The molecule has 1 nitrogen and oxygen atoms in total. The van der Waals surface area contributed by atoms with E-state index in [4.69, 9.17) is 0 Å². The predicted molar refractivity (Wildman–Crippen MR) is 57.6 cm³/mol. The van der Waals surface area contributed by atoms with E-state index in [9.17, 15) is 0 Å². The zero-order valence-corrected chi connectivity index (χ0v) is 8.50. The van der Waals surface area contributed by atoms with Crippen LogP contribution in [0.5, 0.6) is 0 Å². The maximum Gasteiger partial charge on any atom is 0.0211 e. The number of halogens is 1. The quantitative estimate of drug-likeness (QED) is 0.774. The van der Waals surface area contributed by atoms with Gasteiger partial charge in [-0.2, -0.15) is 0 Å². The van der Waals surface area contributed by atoms with Crippen LogP contribution in [0.15, 0.2) is 36.4 Å². The van der Waals surface area contributed by atoms with E-state index in [-0.39, 0.29) is 17.0 Å². The molecule has 0 aliphatic carbocycles. The summed E-state index contributed by atoms with van der Waals surface area (Å²) in [6.07, 6.45) is 2.25. The van der Waals surface area contributed by atoms with E-state index in [2.05, 4.69) is 35.7 Å². The second-order valence-electron chi connectivity index (χ2n) is 2.73. The van der Waals surface area contributed by atoms with Crippen molar-refractivity contribution in [1.29, 1.82) is 0 Å². The monoisotopic (exact) mass is 225 g/mol. The number of hydrogen-bond acceptors (Lipinski definition) is 1. The SMILES string of the molecule is Br.C1=C(c2ccccc2)CNC1. The number of nitrogens with one attached hydrogen (secondary N) is 1. The van der Waals surface area contributed by atoms with Gasteiger partial charge in [-0.3, -0.25) is 0 Å². The standard InChI is InChI=1S/C10H11N.BrH/c1-2-4-9(5-3-1)10-6-7-11-8-10;/h1-6,11H,7-8H2;1H. The van der Waals surface area contributed by atoms with Gasteiger partial charge in [0.25, 0.3) is 0 Å². The lowest BCUT2D eigenvalue weighted by atomic mass is 10.1. The molecule has 1 N–H and O–H groups in total. The van der Waals surface area contributed by atoms with Gasteiger partial charge >= 0.3 is 0 Å². The summed E-state index contributed by atoms with van der Waals surface area (Å²) in [5, 5.41) is 3.28. The number of rotatable bonds is 1. The van der Waals surface area contributed by atoms with Gasteiger partial charge in [-0.1, -0.05) is 36.4 Å². The Morgan fingerprint density at radius 3 is 2.42 bits per heavy atom. The van der Waals surface area contributed by atoms with Crippen LogP contribution in [-0.2, 0) is 0 Å². The predicted octanol–water partition coefficient (Wildman–Crippen LogP) is 2.25. The van der Waals surface area contributed by atoms with Gasteiger partial charge in [0.2, 0.25) is 0 Å². The highest BCUT2D eigenvalue weighted by Gasteiger charge is 2.03. The molecule has 0 aromatic heterocycles. The molecule has 12 heavy (non-hydrogen) atoms. The van der Waals surface area contributed by atoms with Crippen molar-refractivity contribution in [3.05, 3.63) is 42.0 Å². The molecule has 1 aliphatic rings. The van der Waals surface area contributed by atoms with Gasteiger partial charge in [-0.05, 0) is 11.1 Å². The van der Waals surface area contributed by atoms with Crippen LogP contribution in [0.2, 0.25) is 0 Å². The largest absolute Gasteiger partial charge is 0.309 e. The van der Waals surface area contributed by atoms with Gasteiger partial charge in [0, 0.05) is 13.1 Å². The molecule has 0 amide bonds. The minimum absolute atomic E-state index is 0. The fourth-order valence-electron chi connectivity index (χ4n) is 1.35. The highest BCUT2D eigenvalue weighted by Crippen LogP contribution is 2.14. The lowest BCUT2D eigenvalue weighted by molar-refractivity contribution is 0.897. The number of hydrogen-bond donors (Lipinski definition) is 1. The van der Waals surface area contributed by atoms with Crippen molar-refractivity contribution in [1.82, 2.24) is 5.32 Å². The molecule has 0 saturated heterocycles. The average Bonchev–Trinajstić information content (AvgIpc) is 2.58. The Bertz CT molecular complexity index is 266. The van der Waals surface area contributed by atoms with Gasteiger partial charge in [0.1, 0.15) is 0 Å². The summed E-state index contributed by atoms with van der Waals surface area (Å²) >= 11 is 0. The molecule has 2 heteroatoms. The normalized spacial score (nSPS) is 15.2. The fraction of sp³-hybridized carbons (Fsp3) is 0.200. The van der Waals surface area contributed by atoms with Gasteiger partial charge in [-0.15, -0.1) is 17.0 Å². The van der Waals surface area contributed by atoms with Gasteiger partial charge in [0.15, 0.2) is 0 Å². The van der Waals surface area contributed by atoms with Crippen LogP contribution in [0.4, 0.5) is 0 Å². The molecular formula is C10H12BrN. The summed E-state index contributed by atoms with van der Waals surface area (Å²) in [7, 11) is 0. The molecule has 0 bridgehead atoms. The highest BCUT2D eigenvalue weighted by atomic mass is 79.9. The van der Waals surface area contributed by atoms with Gasteiger partial charge in [0.05, 0.1) is 0 Å². The molecule has 0 radical (unpaired) electrons. The summed E-state index contributed by atoms with van der Waals surface area (Å²) in [6.45, 7) is 2.04. The Balaban J connectivity index is 0.000000720. The first kappa shape index (κ1) is 9.49. The Morgan fingerprint density at radius 2 is 1.83 bits per heavy atom. The third-order valence-electron chi connectivity index (χ3n) is 1.95. The molecule has 0 spiro atoms. The molecule has 1 aromatic rings. The van der Waals surface area contributed by atoms with Crippen LogP contribution in [0, 0.1) is 0 Å². The van der Waals surface area contributed by atoms with Crippen LogP contribution >= 0.6 is 17.0 Å². The summed E-state index contributed by atoms with van der Waals surface area (Å²) in [5.41, 5.74) is 2.77. The smallest absolute Gasteiger partial charge is 0.0211 e. The van der Waals surface area contributed by atoms with E-state index < -0.39 is 0 Å². The molecule has 0 saturated carbocycles. The molecule has 64 valence electrons. The number of benzene rings is 1. The second kappa shape index (κ2) is 4.43. The zero-order chi connectivity index (χ0) is 7.52. The molecule has 2 rings (SSSR count). The first-order valence-corrected chi connectivity index (χ1v) is 3.92. The van der Waals surface area contributed by atoms with Crippen molar-refractivity contribution in [3.63, 3.8) is 0 Å². The Hall–Kier alpha value is -0.600. The van der Waals surface area contributed by atoms with Crippen molar-refractivity contribution in [3.8, 4) is 0 Å². The van der Waals surface area contributed by atoms with Crippen LogP contribution in [-0.4, -0.2) is 13.1 Å². The van der Waals surface area contributed by atoms with Crippen molar-refractivity contribution >= 4 is 22.6 Å². The fourth-order valence-corrected chi connectivity index (χ4v) is 1.35. The summed E-state index contributed by atoms with van der Waals surface area (Å²) in [6, 6.07) is 10.5. The molecular weight excluding hydrogens is 214 g/mol. The molecule has 1 aliphatic heterocycles. The molecule has 0 unspecified atom stereocenters. The first-order valence-electron chi connectivity index (χ1n) is 3.92. The minimum atomic E-state index is 0. The average molecular weight is 226 g/mol. The zero-order valence-electron chi connectivity index (χ0n) is 6.79. The van der Waals surface area contributed by atoms with Crippen LogP contribution in [0.3, 0.4) is 0 Å². The van der Waals surface area contributed by atoms with E-state index in [0.29, 0.717) is 0 Å². The lowest BCUT2D eigenvalue weighted by Gasteiger charge is -1.99. The third-order valence-corrected chi connectivity index (χ3v) is 1.95. The third kappa shape index (κ3) is 1.96. The van der Waals surface area contributed by atoms with E-state index >= 15 is 0 Å². The van der Waals surface area contributed by atoms with E-state index in [1.54, 1.807) is 0 Å². The molecule has 1 aromatic carbocycles. The Morgan fingerprint density at radius 1 is 1.08 bits per heavy atom. The second-order valence-corrected chi connectivity index (χ2v) is 2.73. The van der Waals surface area contributed by atoms with Crippen LogP contribution in [0.1, 0.15) is 5.56 Å². The maximum atomic E-state index is 3.28. The maximum absolute atomic E-state index is 3.28. The topological polar surface area (TPSA) is 12.0 Å². The first-order chi connectivity index (χ1) is 5.47.